The van der Waals surface area contributed by atoms with E-state index in [0.29, 0.717) is 11.7 Å². The van der Waals surface area contributed by atoms with Gasteiger partial charge in [0.1, 0.15) is 4.83 Å². The Bertz CT molecular complexity index is 1210. The maximum atomic E-state index is 13.5. The van der Waals surface area contributed by atoms with Gasteiger partial charge in [0.2, 0.25) is 5.91 Å². The van der Waals surface area contributed by atoms with Gasteiger partial charge in [-0.15, -0.1) is 11.3 Å². The Balaban J connectivity index is 1.62. The molecule has 8 heteroatoms. The summed E-state index contributed by atoms with van der Waals surface area (Å²) in [7, 11) is 0. The molecule has 32 heavy (non-hydrogen) atoms. The Kier molecular flexibility index (Phi) is 7.02. The van der Waals surface area contributed by atoms with Gasteiger partial charge in [0, 0.05) is 17.2 Å². The van der Waals surface area contributed by atoms with Crippen LogP contribution in [0.4, 0.5) is 5.69 Å². The highest BCUT2D eigenvalue weighted by Gasteiger charge is 2.23. The van der Waals surface area contributed by atoms with Crippen LogP contribution in [-0.4, -0.2) is 33.9 Å². The number of hydrogen-bond donors (Lipinski definition) is 1. The lowest BCUT2D eigenvalue weighted by molar-refractivity contribution is -0.113. The average Bonchev–Trinajstić information content (AvgIpc) is 3.38. The second kappa shape index (κ2) is 9.77. The molecule has 170 valence electrons. The molecule has 3 heterocycles. The quantitative estimate of drug-likeness (QED) is 0.394. The standard InChI is InChI=1S/C24H29N3O3S2/c1-5-18-16(4)32-22-21(18)23(29)27(12-17-7-6-10-30-17)24(26-22)31-13-20(28)25-19-11-14(2)8-9-15(19)3/h8-9,11,17H,5-7,10,12-13H2,1-4H3,(H,25,28). The van der Waals surface area contributed by atoms with E-state index in [2.05, 4.69) is 12.2 Å². The first kappa shape index (κ1) is 23.0. The van der Waals surface area contributed by atoms with Crippen LogP contribution in [0.15, 0.2) is 28.2 Å². The smallest absolute Gasteiger partial charge is 0.263 e. The van der Waals surface area contributed by atoms with Crippen molar-refractivity contribution in [3.05, 3.63) is 50.1 Å². The summed E-state index contributed by atoms with van der Waals surface area (Å²) in [5, 5.41) is 4.29. The van der Waals surface area contributed by atoms with E-state index >= 15 is 0 Å². The molecule has 0 saturated carbocycles. The largest absolute Gasteiger partial charge is 0.376 e. The molecule has 1 atom stereocenters. The Labute approximate surface area is 196 Å². The molecule has 1 aliphatic heterocycles. The predicted molar refractivity (Wildman–Crippen MR) is 132 cm³/mol. The number of carbonyl (C=O) groups is 1. The minimum Gasteiger partial charge on any atom is -0.376 e. The third-order valence-electron chi connectivity index (χ3n) is 5.84. The van der Waals surface area contributed by atoms with Crippen molar-refractivity contribution >= 4 is 44.9 Å². The Morgan fingerprint density at radius 2 is 2.16 bits per heavy atom. The minimum atomic E-state index is -0.113. The fourth-order valence-corrected chi connectivity index (χ4v) is 6.07. The molecule has 4 rings (SSSR count). The normalized spacial score (nSPS) is 16.1. The zero-order valence-corrected chi connectivity index (χ0v) is 20.6. The van der Waals surface area contributed by atoms with Crippen LogP contribution in [0.2, 0.25) is 0 Å². The zero-order valence-electron chi connectivity index (χ0n) is 19.0. The second-order valence-electron chi connectivity index (χ2n) is 8.27. The van der Waals surface area contributed by atoms with Crippen molar-refractivity contribution in [2.75, 3.05) is 17.7 Å². The fraction of sp³-hybridized carbons (Fsp3) is 0.458. The number of carbonyl (C=O) groups excluding carboxylic acids is 1. The third-order valence-corrected chi connectivity index (χ3v) is 7.86. The number of ether oxygens (including phenoxy) is 1. The van der Waals surface area contributed by atoms with Gasteiger partial charge >= 0.3 is 0 Å². The Morgan fingerprint density at radius 1 is 1.34 bits per heavy atom. The highest BCUT2D eigenvalue weighted by Crippen LogP contribution is 2.30. The van der Waals surface area contributed by atoms with Crippen LogP contribution in [0.3, 0.4) is 0 Å². The summed E-state index contributed by atoms with van der Waals surface area (Å²) in [4.78, 5) is 32.9. The molecule has 1 amide bonds. The number of rotatable bonds is 7. The summed E-state index contributed by atoms with van der Waals surface area (Å²) < 4.78 is 7.52. The number of hydrogen-bond acceptors (Lipinski definition) is 6. The summed E-state index contributed by atoms with van der Waals surface area (Å²) in [5.41, 5.74) is 3.98. The number of amides is 1. The molecule has 1 fully saturated rings. The van der Waals surface area contributed by atoms with Gasteiger partial charge in [-0.05, 0) is 62.8 Å². The molecular weight excluding hydrogens is 442 g/mol. The van der Waals surface area contributed by atoms with Gasteiger partial charge in [0.05, 0.1) is 23.8 Å². The predicted octanol–water partition coefficient (Wildman–Crippen LogP) is 4.86. The number of thioether (sulfide) groups is 1. The van der Waals surface area contributed by atoms with Crippen LogP contribution in [0.1, 0.15) is 41.3 Å². The molecule has 0 spiro atoms. The summed E-state index contributed by atoms with van der Waals surface area (Å²) >= 11 is 2.86. The Morgan fingerprint density at radius 3 is 2.88 bits per heavy atom. The van der Waals surface area contributed by atoms with Crippen LogP contribution in [0.25, 0.3) is 10.2 Å². The van der Waals surface area contributed by atoms with E-state index in [1.54, 1.807) is 15.9 Å². The van der Waals surface area contributed by atoms with E-state index < -0.39 is 0 Å². The molecule has 0 bridgehead atoms. The van der Waals surface area contributed by atoms with Crippen molar-refractivity contribution in [3.8, 4) is 0 Å². The van der Waals surface area contributed by atoms with Gasteiger partial charge in [0.15, 0.2) is 5.16 Å². The molecule has 1 unspecified atom stereocenters. The van der Waals surface area contributed by atoms with Crippen molar-refractivity contribution in [2.45, 2.75) is 64.8 Å². The first-order valence-corrected chi connectivity index (χ1v) is 12.8. The summed E-state index contributed by atoms with van der Waals surface area (Å²) in [6.45, 7) is 9.29. The maximum Gasteiger partial charge on any atom is 0.263 e. The summed E-state index contributed by atoms with van der Waals surface area (Å²) in [6.07, 6.45) is 2.76. The summed E-state index contributed by atoms with van der Waals surface area (Å²) in [6, 6.07) is 5.99. The minimum absolute atomic E-state index is 0.0138. The van der Waals surface area contributed by atoms with E-state index in [9.17, 15) is 9.59 Å². The number of anilines is 1. The molecule has 1 aliphatic rings. The maximum absolute atomic E-state index is 13.5. The first-order valence-electron chi connectivity index (χ1n) is 11.0. The highest BCUT2D eigenvalue weighted by atomic mass is 32.2. The number of nitrogens with one attached hydrogen (secondary N) is 1. The topological polar surface area (TPSA) is 73.2 Å². The number of aromatic nitrogens is 2. The molecule has 6 nitrogen and oxygen atoms in total. The molecule has 2 aromatic heterocycles. The molecule has 1 N–H and O–H groups in total. The molecule has 3 aromatic rings. The third kappa shape index (κ3) is 4.77. The lowest BCUT2D eigenvalue weighted by Crippen LogP contribution is -2.29. The van der Waals surface area contributed by atoms with Gasteiger partial charge < -0.3 is 10.1 Å². The van der Waals surface area contributed by atoms with Gasteiger partial charge in [-0.1, -0.05) is 30.8 Å². The SMILES string of the molecule is CCc1c(C)sc2nc(SCC(=O)Nc3cc(C)ccc3C)n(CC3CCCO3)c(=O)c12. The average molecular weight is 472 g/mol. The second-order valence-corrected chi connectivity index (χ2v) is 10.4. The van der Waals surface area contributed by atoms with Crippen molar-refractivity contribution < 1.29 is 9.53 Å². The lowest BCUT2D eigenvalue weighted by Gasteiger charge is -2.16. The van der Waals surface area contributed by atoms with Crippen molar-refractivity contribution in [1.82, 2.24) is 9.55 Å². The van der Waals surface area contributed by atoms with Crippen LogP contribution in [-0.2, 0) is 22.5 Å². The van der Waals surface area contributed by atoms with Crippen LogP contribution >= 0.6 is 23.1 Å². The van der Waals surface area contributed by atoms with Crippen LogP contribution < -0.4 is 10.9 Å². The lowest BCUT2D eigenvalue weighted by atomic mass is 10.1. The number of thiophene rings is 1. The molecule has 0 aliphatic carbocycles. The van der Waals surface area contributed by atoms with Gasteiger partial charge in [-0.25, -0.2) is 4.98 Å². The van der Waals surface area contributed by atoms with E-state index in [0.717, 1.165) is 63.3 Å². The first-order chi connectivity index (χ1) is 15.4. The van der Waals surface area contributed by atoms with E-state index in [-0.39, 0.29) is 23.3 Å². The number of benzene rings is 1. The zero-order chi connectivity index (χ0) is 22.8. The van der Waals surface area contributed by atoms with Crippen molar-refractivity contribution in [1.29, 1.82) is 0 Å². The van der Waals surface area contributed by atoms with E-state index in [1.165, 1.54) is 11.8 Å². The fourth-order valence-electron chi connectivity index (χ4n) is 4.11. The number of nitrogens with zero attached hydrogens (tertiary/aromatic N) is 2. The monoisotopic (exact) mass is 471 g/mol. The van der Waals surface area contributed by atoms with E-state index in [1.807, 2.05) is 39.0 Å². The highest BCUT2D eigenvalue weighted by molar-refractivity contribution is 7.99. The van der Waals surface area contributed by atoms with Crippen LogP contribution in [0, 0.1) is 20.8 Å². The van der Waals surface area contributed by atoms with Gasteiger partial charge in [-0.3, -0.25) is 14.2 Å². The molecule has 1 aromatic carbocycles. The van der Waals surface area contributed by atoms with Crippen molar-refractivity contribution in [3.63, 3.8) is 0 Å². The molecule has 0 radical (unpaired) electrons. The summed E-state index contributed by atoms with van der Waals surface area (Å²) in [5.74, 6) is 0.0697. The molecular formula is C24H29N3O3S2. The number of aryl methyl sites for hydroxylation is 4. The van der Waals surface area contributed by atoms with Gasteiger partial charge in [0.25, 0.3) is 5.56 Å². The van der Waals surface area contributed by atoms with E-state index in [4.69, 9.17) is 9.72 Å². The van der Waals surface area contributed by atoms with Gasteiger partial charge in [-0.2, -0.15) is 0 Å². The Hall–Kier alpha value is -2.16. The molecule has 1 saturated heterocycles. The van der Waals surface area contributed by atoms with Crippen LogP contribution in [0.5, 0.6) is 0 Å². The van der Waals surface area contributed by atoms with Crippen molar-refractivity contribution in [2.24, 2.45) is 0 Å². The number of fused-ring (bicyclic) bond motifs is 1.